The fraction of sp³-hybridized carbons (Fsp3) is 0.278. The molecule has 0 saturated heterocycles. The van der Waals surface area contributed by atoms with Crippen LogP contribution in [0.15, 0.2) is 48.5 Å². The molecule has 116 valence electrons. The second-order valence-electron chi connectivity index (χ2n) is 5.59. The summed E-state index contributed by atoms with van der Waals surface area (Å²) in [5, 5.41) is 3.41. The lowest BCUT2D eigenvalue weighted by molar-refractivity contribution is -0.115. The van der Waals surface area contributed by atoms with Gasteiger partial charge in [-0.2, -0.15) is 0 Å². The second kappa shape index (κ2) is 7.32. The van der Waals surface area contributed by atoms with Crippen LogP contribution in [0.5, 0.6) is 0 Å². The highest BCUT2D eigenvalue weighted by Gasteiger charge is 2.15. The van der Waals surface area contributed by atoms with Gasteiger partial charge in [0, 0.05) is 11.7 Å². The van der Waals surface area contributed by atoms with E-state index in [0.717, 1.165) is 5.69 Å². The Bertz CT molecular complexity index is 638. The number of aryl methyl sites for hydroxylation is 1. The Kier molecular flexibility index (Phi) is 5.45. The number of amides is 1. The van der Waals surface area contributed by atoms with Crippen LogP contribution in [-0.4, -0.2) is 18.5 Å². The zero-order chi connectivity index (χ0) is 16.1. The molecule has 0 saturated carbocycles. The van der Waals surface area contributed by atoms with E-state index in [1.807, 2.05) is 31.2 Å². The van der Waals surface area contributed by atoms with E-state index in [4.69, 9.17) is 11.6 Å². The largest absolute Gasteiger partial charge is 0.360 e. The molecule has 0 fully saturated rings. The lowest BCUT2D eigenvalue weighted by atomic mass is 10.2. The van der Waals surface area contributed by atoms with E-state index in [9.17, 15) is 4.79 Å². The molecule has 0 atom stereocenters. The van der Waals surface area contributed by atoms with Gasteiger partial charge in [0.25, 0.3) is 0 Å². The monoisotopic (exact) mass is 316 g/mol. The van der Waals surface area contributed by atoms with Gasteiger partial charge in [-0.1, -0.05) is 41.4 Å². The van der Waals surface area contributed by atoms with Crippen molar-refractivity contribution in [2.24, 2.45) is 0 Å². The first-order valence-electron chi connectivity index (χ1n) is 7.35. The second-order valence-corrected chi connectivity index (χ2v) is 5.99. The van der Waals surface area contributed by atoms with Crippen molar-refractivity contribution in [1.82, 2.24) is 0 Å². The molecule has 0 aliphatic heterocycles. The van der Waals surface area contributed by atoms with Gasteiger partial charge in [0.1, 0.15) is 0 Å². The number of nitrogens with zero attached hydrogens (tertiary/aromatic N) is 1. The SMILES string of the molecule is Cc1ccc(N(CC(=O)Nc2ccccc2Cl)C(C)C)cc1. The highest BCUT2D eigenvalue weighted by Crippen LogP contribution is 2.21. The molecule has 0 spiro atoms. The first-order valence-corrected chi connectivity index (χ1v) is 7.73. The number of rotatable bonds is 5. The van der Waals surface area contributed by atoms with E-state index in [-0.39, 0.29) is 18.5 Å². The van der Waals surface area contributed by atoms with Gasteiger partial charge in [0.2, 0.25) is 5.91 Å². The molecule has 4 heteroatoms. The number of hydrogen-bond donors (Lipinski definition) is 1. The van der Waals surface area contributed by atoms with Crippen LogP contribution in [-0.2, 0) is 4.79 Å². The first kappa shape index (κ1) is 16.4. The summed E-state index contributed by atoms with van der Waals surface area (Å²) >= 11 is 6.07. The number of carbonyl (C=O) groups is 1. The van der Waals surface area contributed by atoms with Gasteiger partial charge < -0.3 is 10.2 Å². The topological polar surface area (TPSA) is 32.3 Å². The number of anilines is 2. The Morgan fingerprint density at radius 1 is 1.14 bits per heavy atom. The minimum absolute atomic E-state index is 0.0811. The molecule has 0 bridgehead atoms. The maximum atomic E-state index is 12.3. The van der Waals surface area contributed by atoms with Gasteiger partial charge in [-0.25, -0.2) is 0 Å². The summed E-state index contributed by atoms with van der Waals surface area (Å²) in [4.78, 5) is 14.4. The molecular weight excluding hydrogens is 296 g/mol. The van der Waals surface area contributed by atoms with E-state index < -0.39 is 0 Å². The fourth-order valence-electron chi connectivity index (χ4n) is 2.22. The average Bonchev–Trinajstić information content (AvgIpc) is 2.48. The van der Waals surface area contributed by atoms with Crippen LogP contribution in [0.2, 0.25) is 5.02 Å². The van der Waals surface area contributed by atoms with E-state index in [2.05, 4.69) is 36.2 Å². The third kappa shape index (κ3) is 4.25. The van der Waals surface area contributed by atoms with E-state index in [1.165, 1.54) is 5.56 Å². The maximum absolute atomic E-state index is 12.3. The Labute approximate surface area is 136 Å². The van der Waals surface area contributed by atoms with Crippen molar-refractivity contribution in [3.63, 3.8) is 0 Å². The lowest BCUT2D eigenvalue weighted by Gasteiger charge is -2.28. The van der Waals surface area contributed by atoms with Gasteiger partial charge in [-0.05, 0) is 45.0 Å². The van der Waals surface area contributed by atoms with E-state index in [0.29, 0.717) is 10.7 Å². The summed E-state index contributed by atoms with van der Waals surface area (Å²) < 4.78 is 0. The summed E-state index contributed by atoms with van der Waals surface area (Å²) in [5.41, 5.74) is 2.88. The normalized spacial score (nSPS) is 10.6. The van der Waals surface area contributed by atoms with Gasteiger partial charge in [-0.3, -0.25) is 4.79 Å². The van der Waals surface area contributed by atoms with Gasteiger partial charge >= 0.3 is 0 Å². The minimum Gasteiger partial charge on any atom is -0.360 e. The van der Waals surface area contributed by atoms with Crippen molar-refractivity contribution in [1.29, 1.82) is 0 Å². The summed E-state index contributed by atoms with van der Waals surface area (Å²) in [6.07, 6.45) is 0. The van der Waals surface area contributed by atoms with Gasteiger partial charge in [0.15, 0.2) is 0 Å². The maximum Gasteiger partial charge on any atom is 0.243 e. The molecule has 1 amide bonds. The molecule has 2 aromatic carbocycles. The summed E-state index contributed by atoms with van der Waals surface area (Å²) in [6, 6.07) is 15.7. The van der Waals surface area contributed by atoms with Crippen molar-refractivity contribution in [2.75, 3.05) is 16.8 Å². The molecule has 0 aromatic heterocycles. The highest BCUT2D eigenvalue weighted by molar-refractivity contribution is 6.33. The first-order chi connectivity index (χ1) is 10.5. The van der Waals surface area contributed by atoms with Crippen LogP contribution in [0.1, 0.15) is 19.4 Å². The Hall–Kier alpha value is -2.00. The molecule has 22 heavy (non-hydrogen) atoms. The van der Waals surface area contributed by atoms with Gasteiger partial charge in [0.05, 0.1) is 17.3 Å². The number of halogens is 1. The van der Waals surface area contributed by atoms with Crippen molar-refractivity contribution in [3.05, 3.63) is 59.1 Å². The van der Waals surface area contributed by atoms with Crippen LogP contribution in [0.25, 0.3) is 0 Å². The van der Waals surface area contributed by atoms with Crippen molar-refractivity contribution in [2.45, 2.75) is 26.8 Å². The fourth-order valence-corrected chi connectivity index (χ4v) is 2.40. The van der Waals surface area contributed by atoms with Crippen LogP contribution >= 0.6 is 11.6 Å². The predicted molar refractivity (Wildman–Crippen MR) is 93.7 cm³/mol. The van der Waals surface area contributed by atoms with Crippen LogP contribution < -0.4 is 10.2 Å². The quantitative estimate of drug-likeness (QED) is 0.880. The van der Waals surface area contributed by atoms with Gasteiger partial charge in [-0.15, -0.1) is 0 Å². The van der Waals surface area contributed by atoms with Crippen LogP contribution in [0.4, 0.5) is 11.4 Å². The van der Waals surface area contributed by atoms with Crippen molar-refractivity contribution < 1.29 is 4.79 Å². The number of nitrogens with one attached hydrogen (secondary N) is 1. The van der Waals surface area contributed by atoms with Crippen molar-refractivity contribution in [3.8, 4) is 0 Å². The minimum atomic E-state index is -0.0811. The molecular formula is C18H21ClN2O. The number of benzene rings is 2. The molecule has 0 unspecified atom stereocenters. The van der Waals surface area contributed by atoms with E-state index in [1.54, 1.807) is 12.1 Å². The molecule has 0 aliphatic rings. The van der Waals surface area contributed by atoms with Crippen LogP contribution in [0.3, 0.4) is 0 Å². The Morgan fingerprint density at radius 3 is 2.36 bits per heavy atom. The molecule has 3 nitrogen and oxygen atoms in total. The zero-order valence-electron chi connectivity index (χ0n) is 13.1. The summed E-state index contributed by atoms with van der Waals surface area (Å²) in [7, 11) is 0. The Morgan fingerprint density at radius 2 is 1.77 bits per heavy atom. The molecule has 2 rings (SSSR count). The highest BCUT2D eigenvalue weighted by atomic mass is 35.5. The summed E-state index contributed by atoms with van der Waals surface area (Å²) in [5.74, 6) is -0.0811. The van der Waals surface area contributed by atoms with Crippen molar-refractivity contribution >= 4 is 28.9 Å². The standard InChI is InChI=1S/C18H21ClN2O/c1-13(2)21(15-10-8-14(3)9-11-15)12-18(22)20-17-7-5-4-6-16(17)19/h4-11,13H,12H2,1-3H3,(H,20,22). The molecule has 0 heterocycles. The number of carbonyl (C=O) groups excluding carboxylic acids is 1. The van der Waals surface area contributed by atoms with Crippen LogP contribution in [0, 0.1) is 6.92 Å². The third-order valence-corrected chi connectivity index (χ3v) is 3.78. The lowest BCUT2D eigenvalue weighted by Crippen LogP contribution is -2.38. The number of para-hydroxylation sites is 1. The molecule has 1 N–H and O–H groups in total. The predicted octanol–water partition coefficient (Wildman–Crippen LogP) is 4.50. The smallest absolute Gasteiger partial charge is 0.243 e. The molecule has 0 aliphatic carbocycles. The molecule has 0 radical (unpaired) electrons. The third-order valence-electron chi connectivity index (χ3n) is 3.45. The Balaban J connectivity index is 2.09. The summed E-state index contributed by atoms with van der Waals surface area (Å²) in [6.45, 7) is 6.48. The average molecular weight is 317 g/mol. The number of hydrogen-bond acceptors (Lipinski definition) is 2. The zero-order valence-corrected chi connectivity index (χ0v) is 13.9. The van der Waals surface area contributed by atoms with E-state index >= 15 is 0 Å². The molecule has 2 aromatic rings.